The molecule has 1 saturated heterocycles. The highest BCUT2D eigenvalue weighted by Crippen LogP contribution is 2.34. The molecule has 0 aliphatic carbocycles. The van der Waals surface area contributed by atoms with Gasteiger partial charge in [0.1, 0.15) is 0 Å². The molecule has 0 amide bonds. The lowest BCUT2D eigenvalue weighted by molar-refractivity contribution is -0.139. The van der Waals surface area contributed by atoms with Crippen LogP contribution in [-0.4, -0.2) is 24.2 Å². The first-order chi connectivity index (χ1) is 7.38. The first-order valence-corrected chi connectivity index (χ1v) is 6.31. The van der Waals surface area contributed by atoms with Gasteiger partial charge in [-0.1, -0.05) is 20.8 Å². The molecule has 0 unspecified atom stereocenters. The zero-order valence-electron chi connectivity index (χ0n) is 10.8. The third-order valence-electron chi connectivity index (χ3n) is 3.36. The van der Waals surface area contributed by atoms with E-state index < -0.39 is 5.97 Å². The maximum atomic E-state index is 10.9. The zero-order valence-corrected chi connectivity index (χ0v) is 10.8. The SMILES string of the molecule is CC(C)(C)C[C@@H](CC(=O)O)C1CCNCC1. The van der Waals surface area contributed by atoms with E-state index in [2.05, 4.69) is 26.1 Å². The summed E-state index contributed by atoms with van der Waals surface area (Å²) in [5.41, 5.74) is 0.227. The van der Waals surface area contributed by atoms with Gasteiger partial charge in [-0.25, -0.2) is 0 Å². The normalized spacial score (nSPS) is 20.7. The molecule has 94 valence electrons. The lowest BCUT2D eigenvalue weighted by Crippen LogP contribution is -2.34. The average Bonchev–Trinajstić information content (AvgIpc) is 2.15. The number of hydrogen-bond donors (Lipinski definition) is 2. The zero-order chi connectivity index (χ0) is 12.2. The van der Waals surface area contributed by atoms with E-state index in [1.54, 1.807) is 0 Å². The molecule has 0 radical (unpaired) electrons. The van der Waals surface area contributed by atoms with Crippen molar-refractivity contribution in [1.82, 2.24) is 5.32 Å². The summed E-state index contributed by atoms with van der Waals surface area (Å²) >= 11 is 0. The van der Waals surface area contributed by atoms with Gasteiger partial charge in [-0.05, 0) is 49.6 Å². The Bertz CT molecular complexity index is 227. The quantitative estimate of drug-likeness (QED) is 0.776. The molecule has 0 bridgehead atoms. The molecular weight excluding hydrogens is 202 g/mol. The molecule has 1 fully saturated rings. The summed E-state index contributed by atoms with van der Waals surface area (Å²) in [6.07, 6.45) is 3.62. The second kappa shape index (κ2) is 5.67. The molecule has 0 spiro atoms. The van der Waals surface area contributed by atoms with Crippen LogP contribution in [0.3, 0.4) is 0 Å². The van der Waals surface area contributed by atoms with Gasteiger partial charge in [-0.3, -0.25) is 4.79 Å². The van der Waals surface area contributed by atoms with Crippen LogP contribution in [0, 0.1) is 17.3 Å². The molecule has 1 aliphatic rings. The van der Waals surface area contributed by atoms with Crippen molar-refractivity contribution in [2.45, 2.75) is 46.5 Å². The Balaban J connectivity index is 2.58. The van der Waals surface area contributed by atoms with Crippen molar-refractivity contribution in [3.05, 3.63) is 0 Å². The predicted molar refractivity (Wildman–Crippen MR) is 65.4 cm³/mol. The summed E-state index contributed by atoms with van der Waals surface area (Å²) in [7, 11) is 0. The second-order valence-electron chi connectivity index (χ2n) is 6.21. The van der Waals surface area contributed by atoms with Crippen molar-refractivity contribution < 1.29 is 9.90 Å². The maximum Gasteiger partial charge on any atom is 0.303 e. The Hall–Kier alpha value is -0.570. The number of rotatable bonds is 4. The van der Waals surface area contributed by atoms with E-state index in [1.165, 1.54) is 0 Å². The number of hydrogen-bond acceptors (Lipinski definition) is 2. The second-order valence-corrected chi connectivity index (χ2v) is 6.21. The van der Waals surface area contributed by atoms with Crippen LogP contribution in [0.1, 0.15) is 46.5 Å². The van der Waals surface area contributed by atoms with E-state index in [0.29, 0.717) is 18.3 Å². The maximum absolute atomic E-state index is 10.9. The Morgan fingerprint density at radius 3 is 2.38 bits per heavy atom. The lowest BCUT2D eigenvalue weighted by Gasteiger charge is -2.34. The van der Waals surface area contributed by atoms with Crippen LogP contribution in [0.2, 0.25) is 0 Å². The van der Waals surface area contributed by atoms with Crippen LogP contribution in [0.25, 0.3) is 0 Å². The van der Waals surface area contributed by atoms with Gasteiger partial charge >= 0.3 is 5.97 Å². The minimum atomic E-state index is -0.646. The van der Waals surface area contributed by atoms with E-state index in [0.717, 1.165) is 32.4 Å². The highest BCUT2D eigenvalue weighted by Gasteiger charge is 2.29. The van der Waals surface area contributed by atoms with Gasteiger partial charge < -0.3 is 10.4 Å². The summed E-state index contributed by atoms with van der Waals surface area (Å²) < 4.78 is 0. The van der Waals surface area contributed by atoms with Crippen molar-refractivity contribution in [2.24, 2.45) is 17.3 Å². The topological polar surface area (TPSA) is 49.3 Å². The van der Waals surface area contributed by atoms with Crippen molar-refractivity contribution in [2.75, 3.05) is 13.1 Å². The molecule has 3 heteroatoms. The van der Waals surface area contributed by atoms with Crippen LogP contribution < -0.4 is 5.32 Å². The highest BCUT2D eigenvalue weighted by atomic mass is 16.4. The summed E-state index contributed by atoms with van der Waals surface area (Å²) in [6, 6.07) is 0. The molecule has 2 N–H and O–H groups in total. The monoisotopic (exact) mass is 227 g/mol. The summed E-state index contributed by atoms with van der Waals surface area (Å²) in [5, 5.41) is 12.3. The van der Waals surface area contributed by atoms with Gasteiger partial charge in [0.05, 0.1) is 0 Å². The van der Waals surface area contributed by atoms with Gasteiger partial charge in [0.25, 0.3) is 0 Å². The molecule has 1 heterocycles. The average molecular weight is 227 g/mol. The standard InChI is InChI=1S/C13H25NO2/c1-13(2,3)9-11(8-12(15)16)10-4-6-14-7-5-10/h10-11,14H,4-9H2,1-3H3,(H,15,16)/t11-/m1/s1. The van der Waals surface area contributed by atoms with Crippen LogP contribution in [0.15, 0.2) is 0 Å². The molecule has 1 rings (SSSR count). The Kier molecular flexibility index (Phi) is 4.78. The number of carboxylic acid groups (broad SMARTS) is 1. The molecular formula is C13H25NO2. The lowest BCUT2D eigenvalue weighted by atomic mass is 9.74. The molecule has 0 aromatic heterocycles. The van der Waals surface area contributed by atoms with Gasteiger partial charge in [0, 0.05) is 6.42 Å². The molecule has 0 aromatic rings. The van der Waals surface area contributed by atoms with Gasteiger partial charge in [-0.2, -0.15) is 0 Å². The molecule has 3 nitrogen and oxygen atoms in total. The third-order valence-corrected chi connectivity index (χ3v) is 3.36. The number of carboxylic acids is 1. The van der Waals surface area contributed by atoms with E-state index in [-0.39, 0.29) is 5.41 Å². The fourth-order valence-electron chi connectivity index (χ4n) is 2.73. The summed E-state index contributed by atoms with van der Waals surface area (Å²) in [6.45, 7) is 8.69. The first kappa shape index (κ1) is 13.5. The number of piperidine rings is 1. The van der Waals surface area contributed by atoms with Gasteiger partial charge in [-0.15, -0.1) is 0 Å². The van der Waals surface area contributed by atoms with E-state index >= 15 is 0 Å². The predicted octanol–water partition coefficient (Wildman–Crippen LogP) is 2.51. The van der Waals surface area contributed by atoms with Crippen LogP contribution >= 0.6 is 0 Å². The minimum absolute atomic E-state index is 0.227. The van der Waals surface area contributed by atoms with Gasteiger partial charge in [0.15, 0.2) is 0 Å². The first-order valence-electron chi connectivity index (χ1n) is 6.31. The third kappa shape index (κ3) is 4.97. The van der Waals surface area contributed by atoms with Crippen LogP contribution in [0.4, 0.5) is 0 Å². The molecule has 0 aromatic carbocycles. The highest BCUT2D eigenvalue weighted by molar-refractivity contribution is 5.67. The number of nitrogens with one attached hydrogen (secondary N) is 1. The Morgan fingerprint density at radius 1 is 1.38 bits per heavy atom. The van der Waals surface area contributed by atoms with Crippen molar-refractivity contribution in [3.63, 3.8) is 0 Å². The smallest absolute Gasteiger partial charge is 0.303 e. The minimum Gasteiger partial charge on any atom is -0.481 e. The Morgan fingerprint density at radius 2 is 1.94 bits per heavy atom. The number of aliphatic carboxylic acids is 1. The fourth-order valence-corrected chi connectivity index (χ4v) is 2.73. The van der Waals surface area contributed by atoms with Gasteiger partial charge in [0.2, 0.25) is 0 Å². The Labute approximate surface area is 98.6 Å². The van der Waals surface area contributed by atoms with E-state index in [4.69, 9.17) is 5.11 Å². The van der Waals surface area contributed by atoms with Crippen LogP contribution in [-0.2, 0) is 4.79 Å². The number of carbonyl (C=O) groups is 1. The van der Waals surface area contributed by atoms with Crippen molar-refractivity contribution in [1.29, 1.82) is 0 Å². The van der Waals surface area contributed by atoms with Crippen molar-refractivity contribution >= 4 is 5.97 Å². The molecule has 1 aliphatic heterocycles. The fraction of sp³-hybridized carbons (Fsp3) is 0.923. The molecule has 1 atom stereocenters. The van der Waals surface area contributed by atoms with Crippen molar-refractivity contribution in [3.8, 4) is 0 Å². The van der Waals surface area contributed by atoms with E-state index in [1.807, 2.05) is 0 Å². The largest absolute Gasteiger partial charge is 0.481 e. The summed E-state index contributed by atoms with van der Waals surface area (Å²) in [5.74, 6) is 0.295. The van der Waals surface area contributed by atoms with E-state index in [9.17, 15) is 4.79 Å². The van der Waals surface area contributed by atoms with Crippen LogP contribution in [0.5, 0.6) is 0 Å². The summed E-state index contributed by atoms with van der Waals surface area (Å²) in [4.78, 5) is 10.9. The molecule has 0 saturated carbocycles. The molecule has 16 heavy (non-hydrogen) atoms.